The van der Waals surface area contributed by atoms with Crippen LogP contribution in [-0.4, -0.2) is 23.6 Å². The molecular formula is C13H16BrNO2. The number of Topliss-reactive ketones (excluding diaryl/α,β-unsaturated/α-hetero) is 1. The molecule has 0 spiro atoms. The number of hydrogen-bond donors (Lipinski definition) is 0. The summed E-state index contributed by atoms with van der Waals surface area (Å²) in [5.41, 5.74) is 1.91. The average Bonchev–Trinajstić information content (AvgIpc) is 2.30. The molecule has 0 radical (unpaired) electrons. The van der Waals surface area contributed by atoms with Crippen molar-refractivity contribution >= 4 is 33.3 Å². The van der Waals surface area contributed by atoms with Gasteiger partial charge in [-0.2, -0.15) is 0 Å². The van der Waals surface area contributed by atoms with Gasteiger partial charge in [-0.25, -0.2) is 0 Å². The van der Waals surface area contributed by atoms with E-state index in [2.05, 4.69) is 15.9 Å². The molecule has 0 aliphatic carbocycles. The number of hydrogen-bond acceptors (Lipinski definition) is 2. The molecule has 0 N–H and O–H groups in total. The number of amides is 1. The fraction of sp³-hybridized carbons (Fsp3) is 0.385. The molecule has 0 bridgehead atoms. The number of ketones is 1. The minimum absolute atomic E-state index is 0.0401. The highest BCUT2D eigenvalue weighted by Crippen LogP contribution is 2.19. The lowest BCUT2D eigenvalue weighted by Crippen LogP contribution is -2.31. The van der Waals surface area contributed by atoms with Crippen LogP contribution in [0.1, 0.15) is 18.9 Å². The number of nitrogens with zero attached hydrogens (tertiary/aromatic N) is 1. The van der Waals surface area contributed by atoms with Gasteiger partial charge in [-0.05, 0) is 18.6 Å². The molecule has 0 saturated heterocycles. The van der Waals surface area contributed by atoms with Crippen molar-refractivity contribution in [1.82, 2.24) is 0 Å². The number of anilines is 1. The monoisotopic (exact) mass is 297 g/mol. The maximum atomic E-state index is 11.6. The normalized spacial score (nSPS) is 10.1. The van der Waals surface area contributed by atoms with Crippen LogP contribution in [-0.2, 0) is 9.59 Å². The van der Waals surface area contributed by atoms with Crippen LogP contribution < -0.4 is 4.90 Å². The highest BCUT2D eigenvalue weighted by atomic mass is 79.9. The number of carbonyl (C=O) groups excluding carboxylic acids is 2. The molecule has 0 aromatic heterocycles. The molecule has 1 rings (SSSR count). The number of para-hydroxylation sites is 1. The van der Waals surface area contributed by atoms with E-state index in [1.807, 2.05) is 31.2 Å². The van der Waals surface area contributed by atoms with E-state index >= 15 is 0 Å². The van der Waals surface area contributed by atoms with Crippen molar-refractivity contribution in [1.29, 1.82) is 0 Å². The van der Waals surface area contributed by atoms with Crippen LogP contribution in [0.25, 0.3) is 0 Å². The molecule has 0 unspecified atom stereocenters. The summed E-state index contributed by atoms with van der Waals surface area (Å²) in [6, 6.07) is 7.68. The SMILES string of the molecule is CC(=O)N(CCC(=O)CBr)c1ccccc1C. The molecule has 1 aromatic rings. The largest absolute Gasteiger partial charge is 0.312 e. The second-order valence-corrected chi connectivity index (χ2v) is 4.44. The summed E-state index contributed by atoms with van der Waals surface area (Å²) in [5, 5.41) is 0.340. The van der Waals surface area contributed by atoms with Crippen LogP contribution in [0.2, 0.25) is 0 Å². The molecule has 1 aromatic carbocycles. The van der Waals surface area contributed by atoms with Gasteiger partial charge in [-0.15, -0.1) is 0 Å². The molecule has 17 heavy (non-hydrogen) atoms. The molecular weight excluding hydrogens is 282 g/mol. The predicted octanol–water partition coefficient (Wildman–Crippen LogP) is 2.70. The van der Waals surface area contributed by atoms with Gasteiger partial charge in [0.2, 0.25) is 5.91 Å². The average molecular weight is 298 g/mol. The minimum atomic E-state index is -0.0401. The van der Waals surface area contributed by atoms with Gasteiger partial charge >= 0.3 is 0 Å². The zero-order valence-electron chi connectivity index (χ0n) is 10.1. The number of rotatable bonds is 5. The molecule has 0 saturated carbocycles. The maximum absolute atomic E-state index is 11.6. The first kappa shape index (κ1) is 13.9. The van der Waals surface area contributed by atoms with Gasteiger partial charge in [0.05, 0.1) is 5.33 Å². The predicted molar refractivity (Wildman–Crippen MR) is 72.6 cm³/mol. The Morgan fingerprint density at radius 2 is 1.94 bits per heavy atom. The number of benzene rings is 1. The van der Waals surface area contributed by atoms with E-state index in [4.69, 9.17) is 0 Å². The molecule has 0 atom stereocenters. The summed E-state index contributed by atoms with van der Waals surface area (Å²) in [6.45, 7) is 3.91. The quantitative estimate of drug-likeness (QED) is 0.784. The highest BCUT2D eigenvalue weighted by Gasteiger charge is 2.14. The second-order valence-electron chi connectivity index (χ2n) is 3.88. The van der Waals surface area contributed by atoms with Crippen LogP contribution in [0.5, 0.6) is 0 Å². The van der Waals surface area contributed by atoms with Gasteiger partial charge in [-0.3, -0.25) is 9.59 Å². The van der Waals surface area contributed by atoms with Gasteiger partial charge in [0, 0.05) is 25.6 Å². The van der Waals surface area contributed by atoms with Crippen LogP contribution >= 0.6 is 15.9 Å². The van der Waals surface area contributed by atoms with Crippen molar-refractivity contribution in [3.63, 3.8) is 0 Å². The van der Waals surface area contributed by atoms with Crippen LogP contribution in [0, 0.1) is 6.92 Å². The van der Waals surface area contributed by atoms with Gasteiger partial charge in [-0.1, -0.05) is 34.1 Å². The Morgan fingerprint density at radius 3 is 2.47 bits per heavy atom. The van der Waals surface area contributed by atoms with Crippen molar-refractivity contribution in [2.45, 2.75) is 20.3 Å². The summed E-state index contributed by atoms with van der Waals surface area (Å²) in [6.07, 6.45) is 0.374. The molecule has 0 aliphatic rings. The lowest BCUT2D eigenvalue weighted by atomic mass is 10.1. The van der Waals surface area contributed by atoms with Crippen molar-refractivity contribution < 1.29 is 9.59 Å². The van der Waals surface area contributed by atoms with E-state index in [1.165, 1.54) is 6.92 Å². The summed E-state index contributed by atoms with van der Waals surface area (Å²) >= 11 is 3.12. The van der Waals surface area contributed by atoms with Crippen LogP contribution in [0.15, 0.2) is 24.3 Å². The first-order valence-corrected chi connectivity index (χ1v) is 6.59. The van der Waals surface area contributed by atoms with E-state index in [-0.39, 0.29) is 11.7 Å². The maximum Gasteiger partial charge on any atom is 0.223 e. The number of halogens is 1. The lowest BCUT2D eigenvalue weighted by molar-refractivity contribution is -0.117. The fourth-order valence-electron chi connectivity index (χ4n) is 1.62. The van der Waals surface area contributed by atoms with Crippen LogP contribution in [0.4, 0.5) is 5.69 Å². The Morgan fingerprint density at radius 1 is 1.29 bits per heavy atom. The fourth-order valence-corrected chi connectivity index (χ4v) is 1.90. The molecule has 0 aliphatic heterocycles. The molecule has 92 valence electrons. The van der Waals surface area contributed by atoms with Crippen molar-refractivity contribution in [3.8, 4) is 0 Å². The lowest BCUT2D eigenvalue weighted by Gasteiger charge is -2.22. The zero-order chi connectivity index (χ0) is 12.8. The molecule has 3 nitrogen and oxygen atoms in total. The molecule has 0 fully saturated rings. The van der Waals surface area contributed by atoms with Gasteiger partial charge < -0.3 is 4.90 Å². The molecule has 1 amide bonds. The smallest absolute Gasteiger partial charge is 0.223 e. The Hall–Kier alpha value is -1.16. The van der Waals surface area contributed by atoms with Crippen LogP contribution in [0.3, 0.4) is 0 Å². The first-order valence-electron chi connectivity index (χ1n) is 5.47. The van der Waals surface area contributed by atoms with Gasteiger partial charge in [0.15, 0.2) is 0 Å². The highest BCUT2D eigenvalue weighted by molar-refractivity contribution is 9.09. The van der Waals surface area contributed by atoms with E-state index in [0.29, 0.717) is 18.3 Å². The van der Waals surface area contributed by atoms with Crippen molar-refractivity contribution in [3.05, 3.63) is 29.8 Å². The van der Waals surface area contributed by atoms with Crippen molar-refractivity contribution in [2.75, 3.05) is 16.8 Å². The van der Waals surface area contributed by atoms with Gasteiger partial charge in [0.1, 0.15) is 5.78 Å². The first-order chi connectivity index (χ1) is 8.06. The van der Waals surface area contributed by atoms with E-state index in [1.54, 1.807) is 4.90 Å². The third kappa shape index (κ3) is 3.97. The summed E-state index contributed by atoms with van der Waals surface area (Å²) in [7, 11) is 0. The number of alkyl halides is 1. The summed E-state index contributed by atoms with van der Waals surface area (Å²) in [5.74, 6) is 0.0616. The Labute approximate surface area is 110 Å². The van der Waals surface area contributed by atoms with E-state index < -0.39 is 0 Å². The van der Waals surface area contributed by atoms with Gasteiger partial charge in [0.25, 0.3) is 0 Å². The minimum Gasteiger partial charge on any atom is -0.312 e. The van der Waals surface area contributed by atoms with E-state index in [9.17, 15) is 9.59 Å². The molecule has 4 heteroatoms. The zero-order valence-corrected chi connectivity index (χ0v) is 11.7. The topological polar surface area (TPSA) is 37.4 Å². The number of aryl methyl sites for hydroxylation is 1. The third-order valence-corrected chi connectivity index (χ3v) is 3.18. The standard InChI is InChI=1S/C13H16BrNO2/c1-10-5-3-4-6-13(10)15(11(2)16)8-7-12(17)9-14/h3-6H,7-9H2,1-2H3. The second kappa shape index (κ2) is 6.55. The Bertz CT molecular complexity index is 418. The summed E-state index contributed by atoms with van der Waals surface area (Å²) in [4.78, 5) is 24.5. The van der Waals surface area contributed by atoms with E-state index in [0.717, 1.165) is 11.3 Å². The summed E-state index contributed by atoms with van der Waals surface area (Å²) < 4.78 is 0. The third-order valence-electron chi connectivity index (χ3n) is 2.55. The Balaban J connectivity index is 2.83. The van der Waals surface area contributed by atoms with Crippen molar-refractivity contribution in [2.24, 2.45) is 0 Å². The Kier molecular flexibility index (Phi) is 5.35. The number of carbonyl (C=O) groups is 2. The molecule has 0 heterocycles.